The highest BCUT2D eigenvalue weighted by molar-refractivity contribution is 9.10. The molecule has 31 heavy (non-hydrogen) atoms. The van der Waals surface area contributed by atoms with E-state index in [2.05, 4.69) is 15.9 Å². The predicted octanol–water partition coefficient (Wildman–Crippen LogP) is 3.97. The fraction of sp³-hybridized carbons (Fsp3) is 0.304. The molecule has 6 nitrogen and oxygen atoms in total. The van der Waals surface area contributed by atoms with E-state index in [4.69, 9.17) is 4.74 Å². The summed E-state index contributed by atoms with van der Waals surface area (Å²) in [4.78, 5) is 29.3. The van der Waals surface area contributed by atoms with E-state index < -0.39 is 29.3 Å². The molecule has 0 bridgehead atoms. The number of ketones is 1. The molecular weight excluding hydrogens is 467 g/mol. The van der Waals surface area contributed by atoms with Crippen LogP contribution in [0.1, 0.15) is 23.6 Å². The van der Waals surface area contributed by atoms with Crippen LogP contribution in [0.25, 0.3) is 5.76 Å². The number of methoxy groups -OCH3 is 1. The van der Waals surface area contributed by atoms with Crippen LogP contribution in [0.2, 0.25) is 0 Å². The van der Waals surface area contributed by atoms with Crippen molar-refractivity contribution in [3.8, 4) is 5.75 Å². The summed E-state index contributed by atoms with van der Waals surface area (Å²) in [6.45, 7) is 1.07. The van der Waals surface area contributed by atoms with Crippen LogP contribution in [0, 0.1) is 5.82 Å². The zero-order valence-electron chi connectivity index (χ0n) is 17.6. The van der Waals surface area contributed by atoms with E-state index in [-0.39, 0.29) is 16.9 Å². The summed E-state index contributed by atoms with van der Waals surface area (Å²) in [5.41, 5.74) is 0.719. The minimum Gasteiger partial charge on any atom is -0.507 e. The minimum absolute atomic E-state index is 0.0178. The zero-order valence-corrected chi connectivity index (χ0v) is 19.1. The summed E-state index contributed by atoms with van der Waals surface area (Å²) >= 11 is 3.42. The molecule has 1 amide bonds. The van der Waals surface area contributed by atoms with Crippen molar-refractivity contribution in [1.29, 1.82) is 0 Å². The number of aliphatic hydroxyl groups is 1. The summed E-state index contributed by atoms with van der Waals surface area (Å²) in [5.74, 6) is -2.54. The van der Waals surface area contributed by atoms with Gasteiger partial charge in [0.1, 0.15) is 5.76 Å². The SMILES string of the molecule is COc1ccc(C(O)=C2C(=O)C(=O)N(CCCN(C)C)[C@@H]2c2cccc(Br)c2)cc1F. The number of hydrogen-bond donors (Lipinski definition) is 1. The smallest absolute Gasteiger partial charge is 0.295 e. The molecule has 1 aliphatic heterocycles. The first-order chi connectivity index (χ1) is 14.7. The lowest BCUT2D eigenvalue weighted by atomic mass is 9.95. The summed E-state index contributed by atoms with van der Waals surface area (Å²) in [7, 11) is 5.20. The van der Waals surface area contributed by atoms with Crippen molar-refractivity contribution in [3.05, 3.63) is 69.5 Å². The Hall–Kier alpha value is -2.71. The van der Waals surface area contributed by atoms with Gasteiger partial charge < -0.3 is 19.6 Å². The van der Waals surface area contributed by atoms with Crippen LogP contribution >= 0.6 is 15.9 Å². The number of rotatable bonds is 7. The first kappa shape index (κ1) is 23.0. The number of carbonyl (C=O) groups excluding carboxylic acids is 2. The molecule has 2 aromatic carbocycles. The van der Waals surface area contributed by atoms with Crippen molar-refractivity contribution >= 4 is 33.4 Å². The molecule has 0 spiro atoms. The number of nitrogens with zero attached hydrogens (tertiary/aromatic N) is 2. The minimum atomic E-state index is -0.788. The van der Waals surface area contributed by atoms with Gasteiger partial charge in [-0.3, -0.25) is 9.59 Å². The van der Waals surface area contributed by atoms with Gasteiger partial charge in [0.2, 0.25) is 0 Å². The molecule has 1 fully saturated rings. The number of likely N-dealkylation sites (tertiary alicyclic amines) is 1. The Morgan fingerprint density at radius 3 is 2.58 bits per heavy atom. The van der Waals surface area contributed by atoms with E-state index in [0.717, 1.165) is 17.1 Å². The standard InChI is InChI=1S/C23H24BrFN2O4/c1-26(2)10-5-11-27-20(14-6-4-7-16(24)12-14)19(22(29)23(27)30)21(28)15-8-9-18(31-3)17(25)13-15/h4,6-9,12-13,20,28H,5,10-11H2,1-3H3/t20-/m1/s1. The lowest BCUT2D eigenvalue weighted by Crippen LogP contribution is -2.32. The normalized spacial score (nSPS) is 18.1. The number of Topliss-reactive ketones (excluding diaryl/α,β-unsaturated/α-hetero) is 1. The van der Waals surface area contributed by atoms with Crippen LogP contribution in [-0.2, 0) is 9.59 Å². The molecule has 3 rings (SSSR count). The van der Waals surface area contributed by atoms with E-state index >= 15 is 0 Å². The molecule has 0 unspecified atom stereocenters. The van der Waals surface area contributed by atoms with Gasteiger partial charge in [-0.05, 0) is 63.0 Å². The quantitative estimate of drug-likeness (QED) is 0.361. The Labute approximate surface area is 189 Å². The second kappa shape index (κ2) is 9.62. The van der Waals surface area contributed by atoms with Crippen molar-refractivity contribution in [2.75, 3.05) is 34.3 Å². The van der Waals surface area contributed by atoms with Crippen LogP contribution in [0.5, 0.6) is 5.75 Å². The molecule has 164 valence electrons. The van der Waals surface area contributed by atoms with E-state index in [1.807, 2.05) is 25.1 Å². The van der Waals surface area contributed by atoms with Gasteiger partial charge in [0.25, 0.3) is 11.7 Å². The number of carbonyl (C=O) groups is 2. The highest BCUT2D eigenvalue weighted by atomic mass is 79.9. The second-order valence-corrected chi connectivity index (χ2v) is 8.47. The first-order valence-corrected chi connectivity index (χ1v) is 10.6. The summed E-state index contributed by atoms with van der Waals surface area (Å²) in [6, 6.07) is 10.4. The Kier molecular flexibility index (Phi) is 7.12. The average molecular weight is 491 g/mol. The summed E-state index contributed by atoms with van der Waals surface area (Å²) in [5, 5.41) is 11.0. The predicted molar refractivity (Wildman–Crippen MR) is 119 cm³/mol. The Bertz CT molecular complexity index is 1040. The number of benzene rings is 2. The molecule has 1 heterocycles. The van der Waals surface area contributed by atoms with Gasteiger partial charge in [-0.15, -0.1) is 0 Å². The van der Waals surface area contributed by atoms with Gasteiger partial charge in [-0.25, -0.2) is 4.39 Å². The van der Waals surface area contributed by atoms with Gasteiger partial charge in [-0.1, -0.05) is 28.1 Å². The number of halogens is 2. The van der Waals surface area contributed by atoms with Gasteiger partial charge in [0.05, 0.1) is 18.7 Å². The molecule has 0 aliphatic carbocycles. The van der Waals surface area contributed by atoms with Gasteiger partial charge in [0, 0.05) is 16.6 Å². The third kappa shape index (κ3) is 4.80. The molecule has 2 aromatic rings. The third-order valence-corrected chi connectivity index (χ3v) is 5.63. The fourth-order valence-electron chi connectivity index (χ4n) is 3.66. The van der Waals surface area contributed by atoms with Crippen LogP contribution in [0.15, 0.2) is 52.5 Å². The lowest BCUT2D eigenvalue weighted by molar-refractivity contribution is -0.139. The molecular formula is C23H24BrFN2O4. The molecule has 0 saturated carbocycles. The van der Waals surface area contributed by atoms with Crippen molar-refractivity contribution in [3.63, 3.8) is 0 Å². The number of ether oxygens (including phenoxy) is 1. The second-order valence-electron chi connectivity index (χ2n) is 7.55. The maximum Gasteiger partial charge on any atom is 0.295 e. The lowest BCUT2D eigenvalue weighted by Gasteiger charge is -2.26. The maximum atomic E-state index is 14.2. The van der Waals surface area contributed by atoms with E-state index in [0.29, 0.717) is 18.5 Å². The molecule has 1 atom stereocenters. The third-order valence-electron chi connectivity index (χ3n) is 5.13. The largest absolute Gasteiger partial charge is 0.507 e. The van der Waals surface area contributed by atoms with Crippen LogP contribution < -0.4 is 4.74 Å². The Morgan fingerprint density at radius 2 is 1.97 bits per heavy atom. The Balaban J connectivity index is 2.11. The van der Waals surface area contributed by atoms with Crippen molar-refractivity contribution in [1.82, 2.24) is 9.80 Å². The number of amides is 1. The maximum absolute atomic E-state index is 14.2. The molecule has 0 radical (unpaired) electrons. The van der Waals surface area contributed by atoms with Gasteiger partial charge >= 0.3 is 0 Å². The summed E-state index contributed by atoms with van der Waals surface area (Å²) in [6.07, 6.45) is 0.654. The molecule has 1 N–H and O–H groups in total. The monoisotopic (exact) mass is 490 g/mol. The van der Waals surface area contributed by atoms with Gasteiger partial charge in [0.15, 0.2) is 11.6 Å². The molecule has 0 aromatic heterocycles. The highest BCUT2D eigenvalue weighted by Crippen LogP contribution is 2.40. The van der Waals surface area contributed by atoms with Crippen molar-refractivity contribution < 1.29 is 23.8 Å². The fourth-order valence-corrected chi connectivity index (χ4v) is 4.08. The van der Waals surface area contributed by atoms with Crippen LogP contribution in [0.3, 0.4) is 0 Å². The Morgan fingerprint density at radius 1 is 1.23 bits per heavy atom. The van der Waals surface area contributed by atoms with E-state index in [1.165, 1.54) is 24.1 Å². The average Bonchev–Trinajstić information content (AvgIpc) is 2.98. The van der Waals surface area contributed by atoms with Gasteiger partial charge in [-0.2, -0.15) is 0 Å². The topological polar surface area (TPSA) is 70.1 Å². The van der Waals surface area contributed by atoms with E-state index in [1.54, 1.807) is 18.2 Å². The van der Waals surface area contributed by atoms with Crippen molar-refractivity contribution in [2.45, 2.75) is 12.5 Å². The highest BCUT2D eigenvalue weighted by Gasteiger charge is 2.45. The first-order valence-electron chi connectivity index (χ1n) is 9.77. The number of hydrogen-bond acceptors (Lipinski definition) is 5. The van der Waals surface area contributed by atoms with Crippen LogP contribution in [-0.4, -0.2) is 60.9 Å². The van der Waals surface area contributed by atoms with Crippen molar-refractivity contribution in [2.24, 2.45) is 0 Å². The molecule has 1 aliphatic rings. The molecule has 1 saturated heterocycles. The van der Waals surface area contributed by atoms with E-state index in [9.17, 15) is 19.1 Å². The molecule has 8 heteroatoms. The zero-order chi connectivity index (χ0) is 22.7. The number of aliphatic hydroxyl groups excluding tert-OH is 1. The summed E-state index contributed by atoms with van der Waals surface area (Å²) < 4.78 is 19.9. The van der Waals surface area contributed by atoms with Crippen LogP contribution in [0.4, 0.5) is 4.39 Å².